The molecule has 110 valence electrons. The molecule has 2 rings (SSSR count). The van der Waals surface area contributed by atoms with Crippen molar-refractivity contribution in [1.29, 1.82) is 0 Å². The summed E-state index contributed by atoms with van der Waals surface area (Å²) in [5.74, 6) is -1.98. The van der Waals surface area contributed by atoms with E-state index >= 15 is 0 Å². The number of carbonyl (C=O) groups excluding carboxylic acids is 1. The van der Waals surface area contributed by atoms with Gasteiger partial charge < -0.3 is 9.47 Å². The van der Waals surface area contributed by atoms with Gasteiger partial charge in [0.15, 0.2) is 28.9 Å². The molecule has 0 saturated carbocycles. The van der Waals surface area contributed by atoms with Crippen LogP contribution in [0.2, 0.25) is 0 Å². The van der Waals surface area contributed by atoms with Gasteiger partial charge in [-0.15, -0.1) is 0 Å². The average Bonchev–Trinajstić information content (AvgIpc) is 2.51. The van der Waals surface area contributed by atoms with Crippen LogP contribution in [0.15, 0.2) is 30.3 Å². The first-order valence-electron chi connectivity index (χ1n) is 6.21. The minimum atomic E-state index is -1.14. The number of benzene rings is 2. The molecule has 21 heavy (non-hydrogen) atoms. The molecule has 0 fully saturated rings. The molecule has 0 N–H and O–H groups in total. The molecule has 0 saturated heterocycles. The van der Waals surface area contributed by atoms with Gasteiger partial charge in [0.25, 0.3) is 0 Å². The number of hydrogen-bond donors (Lipinski definition) is 0. The lowest BCUT2D eigenvalue weighted by Gasteiger charge is -2.10. The van der Waals surface area contributed by atoms with Gasteiger partial charge >= 0.3 is 0 Å². The Morgan fingerprint density at radius 3 is 2.24 bits per heavy atom. The minimum Gasteiger partial charge on any atom is -0.493 e. The maximum absolute atomic E-state index is 13.9. The normalized spacial score (nSPS) is 10.3. The molecule has 0 heterocycles. The van der Waals surface area contributed by atoms with E-state index in [2.05, 4.69) is 0 Å². The number of ether oxygens (including phenoxy) is 2. The van der Waals surface area contributed by atoms with E-state index < -0.39 is 17.4 Å². The van der Waals surface area contributed by atoms with Crippen LogP contribution in [0.5, 0.6) is 11.5 Å². The fraction of sp³-hybridized carbons (Fsp3) is 0.188. The van der Waals surface area contributed by atoms with Crippen molar-refractivity contribution in [2.75, 3.05) is 14.2 Å². The molecule has 0 amide bonds. The van der Waals surface area contributed by atoms with Crippen LogP contribution in [0.25, 0.3) is 0 Å². The Bertz CT molecular complexity index is 696. The highest BCUT2D eigenvalue weighted by atomic mass is 19.2. The summed E-state index contributed by atoms with van der Waals surface area (Å²) in [6, 6.07) is 7.08. The van der Waals surface area contributed by atoms with Crippen molar-refractivity contribution in [3.8, 4) is 11.5 Å². The SMILES string of the molecule is COc1ccc(C(=O)c2ccc(C)c(F)c2F)cc1OC. The molecular weight excluding hydrogens is 278 g/mol. The van der Waals surface area contributed by atoms with Crippen molar-refractivity contribution in [1.82, 2.24) is 0 Å². The lowest BCUT2D eigenvalue weighted by Crippen LogP contribution is -2.07. The fourth-order valence-electron chi connectivity index (χ4n) is 1.95. The summed E-state index contributed by atoms with van der Waals surface area (Å²) in [6.07, 6.45) is 0. The van der Waals surface area contributed by atoms with E-state index in [1.807, 2.05) is 0 Å². The van der Waals surface area contributed by atoms with E-state index in [1.54, 1.807) is 0 Å². The second-order valence-electron chi connectivity index (χ2n) is 4.46. The van der Waals surface area contributed by atoms with Crippen LogP contribution >= 0.6 is 0 Å². The predicted octanol–water partition coefficient (Wildman–Crippen LogP) is 3.52. The van der Waals surface area contributed by atoms with Crippen molar-refractivity contribution in [3.63, 3.8) is 0 Å². The fourth-order valence-corrected chi connectivity index (χ4v) is 1.95. The zero-order valence-corrected chi connectivity index (χ0v) is 11.9. The third-order valence-electron chi connectivity index (χ3n) is 3.17. The van der Waals surface area contributed by atoms with Crippen molar-refractivity contribution < 1.29 is 23.0 Å². The van der Waals surface area contributed by atoms with Crippen molar-refractivity contribution in [2.24, 2.45) is 0 Å². The van der Waals surface area contributed by atoms with Crippen molar-refractivity contribution >= 4 is 5.78 Å². The summed E-state index contributed by atoms with van der Waals surface area (Å²) in [4.78, 5) is 12.3. The molecule has 5 heteroatoms. The quantitative estimate of drug-likeness (QED) is 0.809. The Morgan fingerprint density at radius 2 is 1.62 bits per heavy atom. The Balaban J connectivity index is 2.48. The van der Waals surface area contributed by atoms with Crippen LogP contribution in [-0.4, -0.2) is 20.0 Å². The third-order valence-corrected chi connectivity index (χ3v) is 3.17. The first-order chi connectivity index (χ1) is 9.99. The molecule has 2 aromatic carbocycles. The van der Waals surface area contributed by atoms with Gasteiger partial charge in [-0.25, -0.2) is 8.78 Å². The number of methoxy groups -OCH3 is 2. The molecular formula is C16H14F2O3. The van der Waals surface area contributed by atoms with Gasteiger partial charge in [-0.3, -0.25) is 4.79 Å². The van der Waals surface area contributed by atoms with Crippen LogP contribution in [0.4, 0.5) is 8.78 Å². The van der Waals surface area contributed by atoms with E-state index in [-0.39, 0.29) is 16.7 Å². The number of aryl methyl sites for hydroxylation is 1. The summed E-state index contributed by atoms with van der Waals surface area (Å²) in [7, 11) is 2.90. The monoisotopic (exact) mass is 292 g/mol. The molecule has 0 aromatic heterocycles. The van der Waals surface area contributed by atoms with Gasteiger partial charge in [0.05, 0.1) is 19.8 Å². The van der Waals surface area contributed by atoms with Crippen LogP contribution < -0.4 is 9.47 Å². The summed E-state index contributed by atoms with van der Waals surface area (Å²) in [6.45, 7) is 1.43. The van der Waals surface area contributed by atoms with E-state index in [0.29, 0.717) is 11.5 Å². The molecule has 0 radical (unpaired) electrons. The largest absolute Gasteiger partial charge is 0.493 e. The molecule has 3 nitrogen and oxygen atoms in total. The number of hydrogen-bond acceptors (Lipinski definition) is 3. The first kappa shape index (κ1) is 15.0. The Kier molecular flexibility index (Phi) is 4.21. The van der Waals surface area contributed by atoms with Gasteiger partial charge in [-0.05, 0) is 36.8 Å². The lowest BCUT2D eigenvalue weighted by molar-refractivity contribution is 0.103. The first-order valence-corrected chi connectivity index (χ1v) is 6.21. The highest BCUT2D eigenvalue weighted by molar-refractivity contribution is 6.09. The highest BCUT2D eigenvalue weighted by Crippen LogP contribution is 2.29. The number of halogens is 2. The third kappa shape index (κ3) is 2.72. The smallest absolute Gasteiger partial charge is 0.196 e. The van der Waals surface area contributed by atoms with Gasteiger partial charge in [0.1, 0.15) is 0 Å². The average molecular weight is 292 g/mol. The Labute approximate surface area is 121 Å². The molecule has 0 aliphatic carbocycles. The number of rotatable bonds is 4. The topological polar surface area (TPSA) is 35.5 Å². The zero-order valence-electron chi connectivity index (χ0n) is 11.9. The van der Waals surface area contributed by atoms with Crippen molar-refractivity contribution in [3.05, 3.63) is 58.7 Å². The van der Waals surface area contributed by atoms with Gasteiger partial charge in [-0.1, -0.05) is 6.07 Å². The Hall–Kier alpha value is -2.43. The van der Waals surface area contributed by atoms with Crippen LogP contribution in [-0.2, 0) is 0 Å². The van der Waals surface area contributed by atoms with Gasteiger partial charge in [0, 0.05) is 5.56 Å². The van der Waals surface area contributed by atoms with E-state index in [4.69, 9.17) is 9.47 Å². The van der Waals surface area contributed by atoms with Gasteiger partial charge in [0.2, 0.25) is 0 Å². The van der Waals surface area contributed by atoms with E-state index in [1.165, 1.54) is 51.5 Å². The summed E-state index contributed by atoms with van der Waals surface area (Å²) in [5, 5.41) is 0. The second-order valence-corrected chi connectivity index (χ2v) is 4.46. The molecule has 0 bridgehead atoms. The highest BCUT2D eigenvalue weighted by Gasteiger charge is 2.19. The maximum atomic E-state index is 13.9. The number of ketones is 1. The van der Waals surface area contributed by atoms with E-state index in [9.17, 15) is 13.6 Å². The van der Waals surface area contributed by atoms with Crippen LogP contribution in [0.1, 0.15) is 21.5 Å². The summed E-state index contributed by atoms with van der Waals surface area (Å²) < 4.78 is 37.6. The summed E-state index contributed by atoms with van der Waals surface area (Å²) >= 11 is 0. The predicted molar refractivity (Wildman–Crippen MR) is 74.1 cm³/mol. The lowest BCUT2D eigenvalue weighted by atomic mass is 10.0. The molecule has 0 aliphatic heterocycles. The van der Waals surface area contributed by atoms with Crippen molar-refractivity contribution in [2.45, 2.75) is 6.92 Å². The van der Waals surface area contributed by atoms with Crippen LogP contribution in [0.3, 0.4) is 0 Å². The molecule has 0 spiro atoms. The molecule has 0 aliphatic rings. The van der Waals surface area contributed by atoms with E-state index in [0.717, 1.165) is 0 Å². The molecule has 0 atom stereocenters. The van der Waals surface area contributed by atoms with Gasteiger partial charge in [-0.2, -0.15) is 0 Å². The Morgan fingerprint density at radius 1 is 0.952 bits per heavy atom. The minimum absolute atomic E-state index is 0.149. The maximum Gasteiger partial charge on any atom is 0.196 e. The standard InChI is InChI=1S/C16H14F2O3/c1-9-4-6-11(15(18)14(9)17)16(19)10-5-7-12(20-2)13(8-10)21-3/h4-8H,1-3H3. The second kappa shape index (κ2) is 5.91. The molecule has 2 aromatic rings. The van der Waals surface area contributed by atoms with Crippen LogP contribution in [0, 0.1) is 18.6 Å². The number of carbonyl (C=O) groups is 1. The summed E-state index contributed by atoms with van der Waals surface area (Å²) in [5.41, 5.74) is 0.0245. The molecule has 0 unspecified atom stereocenters. The zero-order chi connectivity index (χ0) is 15.6.